The molecule has 0 atom stereocenters. The largest absolute Gasteiger partial charge is 0.493 e. The van der Waals surface area contributed by atoms with Crippen LogP contribution in [0.3, 0.4) is 0 Å². The van der Waals surface area contributed by atoms with Crippen molar-refractivity contribution >= 4 is 23.4 Å². The number of ether oxygens (including phenoxy) is 2. The molecule has 190 valence electrons. The van der Waals surface area contributed by atoms with Crippen molar-refractivity contribution in [2.24, 2.45) is 0 Å². The first-order chi connectivity index (χ1) is 17.5. The molecule has 0 saturated carbocycles. The molecule has 0 saturated heterocycles. The molecule has 3 heterocycles. The standard InChI is InChI=1S/C27H31N3O5S/c1-3-15-35-27(33)30-14-10-21-22(17-30)19(5-7-25(31)32)4-6-24(21)34-16-11-23-18(2)36-26(29-23)20-8-12-28-13-9-20/h4,6,8-9,12-13H,3,5,7,10-11,14-17H2,1-2H3,(H,31,32). The predicted octanol–water partition coefficient (Wildman–Crippen LogP) is 5.06. The molecule has 1 amide bonds. The van der Waals surface area contributed by atoms with Gasteiger partial charge in [-0.15, -0.1) is 11.3 Å². The second-order valence-corrected chi connectivity index (χ2v) is 9.92. The number of hydrogen-bond acceptors (Lipinski definition) is 7. The lowest BCUT2D eigenvalue weighted by Gasteiger charge is -2.31. The second kappa shape index (κ2) is 12.0. The lowest BCUT2D eigenvalue weighted by molar-refractivity contribution is -0.136. The number of hydrogen-bond donors (Lipinski definition) is 1. The summed E-state index contributed by atoms with van der Waals surface area (Å²) in [5, 5.41) is 10.1. The van der Waals surface area contributed by atoms with Crippen LogP contribution in [0.2, 0.25) is 0 Å². The zero-order chi connectivity index (χ0) is 25.5. The highest BCUT2D eigenvalue weighted by Crippen LogP contribution is 2.33. The molecular formula is C27H31N3O5S. The number of carbonyl (C=O) groups excluding carboxylic acids is 1. The highest BCUT2D eigenvalue weighted by atomic mass is 32.1. The van der Waals surface area contributed by atoms with Crippen LogP contribution in [0.5, 0.6) is 5.75 Å². The third kappa shape index (κ3) is 6.20. The van der Waals surface area contributed by atoms with E-state index < -0.39 is 5.97 Å². The molecule has 0 unspecified atom stereocenters. The molecule has 36 heavy (non-hydrogen) atoms. The Morgan fingerprint density at radius 2 is 1.92 bits per heavy atom. The number of aliphatic carboxylic acids is 1. The highest BCUT2D eigenvalue weighted by Gasteiger charge is 2.26. The van der Waals surface area contributed by atoms with E-state index in [9.17, 15) is 14.7 Å². The zero-order valence-electron chi connectivity index (χ0n) is 20.7. The maximum atomic E-state index is 12.5. The lowest BCUT2D eigenvalue weighted by atomic mass is 9.92. The molecule has 3 aromatic rings. The number of amides is 1. The predicted molar refractivity (Wildman–Crippen MR) is 137 cm³/mol. The number of nitrogens with zero attached hydrogens (tertiary/aromatic N) is 3. The number of thiazole rings is 1. The van der Waals surface area contributed by atoms with E-state index in [1.807, 2.05) is 31.2 Å². The molecule has 9 heteroatoms. The molecule has 2 aromatic heterocycles. The van der Waals surface area contributed by atoms with Gasteiger partial charge in [0.1, 0.15) is 10.8 Å². The average Bonchev–Trinajstić information content (AvgIpc) is 3.27. The van der Waals surface area contributed by atoms with Crippen LogP contribution in [0.4, 0.5) is 4.79 Å². The summed E-state index contributed by atoms with van der Waals surface area (Å²) in [6.07, 6.45) is 5.72. The van der Waals surface area contributed by atoms with E-state index in [4.69, 9.17) is 14.5 Å². The Labute approximate surface area is 214 Å². The molecule has 0 radical (unpaired) electrons. The third-order valence-corrected chi connectivity index (χ3v) is 7.24. The summed E-state index contributed by atoms with van der Waals surface area (Å²) in [7, 11) is 0. The lowest BCUT2D eigenvalue weighted by Crippen LogP contribution is -2.37. The molecule has 0 bridgehead atoms. The number of rotatable bonds is 10. The second-order valence-electron chi connectivity index (χ2n) is 8.72. The first-order valence-corrected chi connectivity index (χ1v) is 13.0. The average molecular weight is 510 g/mol. The number of carboxylic acids is 1. The van der Waals surface area contributed by atoms with E-state index in [-0.39, 0.29) is 12.5 Å². The summed E-state index contributed by atoms with van der Waals surface area (Å²) in [4.78, 5) is 35.4. The van der Waals surface area contributed by atoms with Crippen LogP contribution >= 0.6 is 11.3 Å². The first kappa shape index (κ1) is 25.6. The molecule has 1 aliphatic rings. The molecule has 1 aliphatic heterocycles. The summed E-state index contributed by atoms with van der Waals surface area (Å²) in [5.41, 5.74) is 5.02. The van der Waals surface area contributed by atoms with Crippen LogP contribution in [0.25, 0.3) is 10.6 Å². The van der Waals surface area contributed by atoms with Crippen molar-refractivity contribution in [3.8, 4) is 16.3 Å². The quantitative estimate of drug-likeness (QED) is 0.408. The molecule has 4 rings (SSSR count). The Balaban J connectivity index is 1.47. The van der Waals surface area contributed by atoms with Gasteiger partial charge in [-0.05, 0) is 55.5 Å². The fourth-order valence-corrected chi connectivity index (χ4v) is 5.26. The summed E-state index contributed by atoms with van der Waals surface area (Å²) < 4.78 is 11.5. The van der Waals surface area contributed by atoms with Gasteiger partial charge in [0.2, 0.25) is 0 Å². The fraction of sp³-hybridized carbons (Fsp3) is 0.407. The third-order valence-electron chi connectivity index (χ3n) is 6.18. The van der Waals surface area contributed by atoms with Crippen molar-refractivity contribution in [2.75, 3.05) is 19.8 Å². The molecule has 0 fully saturated rings. The van der Waals surface area contributed by atoms with Crippen LogP contribution in [-0.2, 0) is 35.3 Å². The smallest absolute Gasteiger partial charge is 0.410 e. The molecule has 0 aliphatic carbocycles. The van der Waals surface area contributed by atoms with Gasteiger partial charge in [0.15, 0.2) is 0 Å². The highest BCUT2D eigenvalue weighted by molar-refractivity contribution is 7.15. The van der Waals surface area contributed by atoms with Crippen LogP contribution in [0, 0.1) is 6.92 Å². The van der Waals surface area contributed by atoms with E-state index in [1.165, 1.54) is 0 Å². The van der Waals surface area contributed by atoms with Crippen molar-refractivity contribution in [1.29, 1.82) is 0 Å². The Morgan fingerprint density at radius 1 is 1.11 bits per heavy atom. The SMILES string of the molecule is CCCOC(=O)N1CCc2c(OCCc3nc(-c4ccncc4)sc3C)ccc(CCC(=O)O)c2C1. The Kier molecular flexibility index (Phi) is 8.53. The molecule has 0 spiro atoms. The number of aryl methyl sites for hydroxylation is 2. The van der Waals surface area contributed by atoms with Crippen molar-refractivity contribution in [3.63, 3.8) is 0 Å². The minimum Gasteiger partial charge on any atom is -0.493 e. The summed E-state index contributed by atoms with van der Waals surface area (Å²) >= 11 is 1.66. The Bertz CT molecular complexity index is 1210. The Hall–Kier alpha value is -3.46. The minimum absolute atomic E-state index is 0.0375. The monoisotopic (exact) mass is 509 g/mol. The summed E-state index contributed by atoms with van der Waals surface area (Å²) in [6.45, 7) is 5.82. The van der Waals surface area contributed by atoms with E-state index >= 15 is 0 Å². The Morgan fingerprint density at radius 3 is 2.67 bits per heavy atom. The maximum Gasteiger partial charge on any atom is 0.410 e. The maximum absolute atomic E-state index is 12.5. The summed E-state index contributed by atoms with van der Waals surface area (Å²) in [5.74, 6) is -0.0586. The fourth-order valence-electron chi connectivity index (χ4n) is 4.29. The van der Waals surface area contributed by atoms with Crippen molar-refractivity contribution in [1.82, 2.24) is 14.9 Å². The van der Waals surface area contributed by atoms with Crippen LogP contribution in [-0.4, -0.2) is 51.8 Å². The number of aromatic nitrogens is 2. The topological polar surface area (TPSA) is 102 Å². The van der Waals surface area contributed by atoms with Crippen LogP contribution in [0.15, 0.2) is 36.7 Å². The molecular weight excluding hydrogens is 478 g/mol. The van der Waals surface area contributed by atoms with Crippen molar-refractivity contribution in [3.05, 3.63) is 63.9 Å². The number of fused-ring (bicyclic) bond motifs is 1. The van der Waals surface area contributed by atoms with E-state index in [1.54, 1.807) is 28.6 Å². The van der Waals surface area contributed by atoms with Crippen molar-refractivity contribution < 1.29 is 24.2 Å². The van der Waals surface area contributed by atoms with Gasteiger partial charge in [0.25, 0.3) is 0 Å². The van der Waals surface area contributed by atoms with Gasteiger partial charge in [-0.3, -0.25) is 9.78 Å². The van der Waals surface area contributed by atoms with E-state index in [2.05, 4.69) is 11.9 Å². The molecule has 1 N–H and O–H groups in total. The van der Waals surface area contributed by atoms with Gasteiger partial charge >= 0.3 is 12.1 Å². The zero-order valence-corrected chi connectivity index (χ0v) is 21.5. The molecule has 1 aromatic carbocycles. The normalized spacial score (nSPS) is 12.8. The van der Waals surface area contributed by atoms with Crippen LogP contribution < -0.4 is 4.74 Å². The summed E-state index contributed by atoms with van der Waals surface area (Å²) in [6, 6.07) is 7.77. The number of benzene rings is 1. The number of carboxylic acid groups (broad SMARTS) is 1. The molecule has 8 nitrogen and oxygen atoms in total. The van der Waals surface area contributed by atoms with Gasteiger partial charge in [0, 0.05) is 54.3 Å². The van der Waals surface area contributed by atoms with E-state index in [0.717, 1.165) is 50.0 Å². The number of carbonyl (C=O) groups is 2. The first-order valence-electron chi connectivity index (χ1n) is 12.2. The van der Waals surface area contributed by atoms with Crippen molar-refractivity contribution in [2.45, 2.75) is 52.5 Å². The number of pyridine rings is 1. The minimum atomic E-state index is -0.844. The van der Waals surface area contributed by atoms with E-state index in [0.29, 0.717) is 45.6 Å². The van der Waals surface area contributed by atoms with Gasteiger partial charge in [-0.1, -0.05) is 13.0 Å². The van der Waals surface area contributed by atoms with Crippen LogP contribution in [0.1, 0.15) is 47.0 Å². The van der Waals surface area contributed by atoms with Gasteiger partial charge in [0.05, 0.1) is 18.9 Å². The van der Waals surface area contributed by atoms with Gasteiger partial charge in [-0.25, -0.2) is 9.78 Å². The van der Waals surface area contributed by atoms with Gasteiger partial charge in [-0.2, -0.15) is 0 Å². The van der Waals surface area contributed by atoms with Gasteiger partial charge < -0.3 is 19.5 Å².